The van der Waals surface area contributed by atoms with E-state index in [0.717, 1.165) is 24.9 Å². The van der Waals surface area contributed by atoms with Gasteiger partial charge in [-0.05, 0) is 52.3 Å². The summed E-state index contributed by atoms with van der Waals surface area (Å²) in [5.74, 6) is 1.28. The van der Waals surface area contributed by atoms with Gasteiger partial charge in [0.1, 0.15) is 17.2 Å². The van der Waals surface area contributed by atoms with E-state index < -0.39 is 5.67 Å². The Bertz CT molecular complexity index is 488. The zero-order valence-electron chi connectivity index (χ0n) is 13.0. The highest BCUT2D eigenvalue weighted by atomic mass is 19.1. The van der Waals surface area contributed by atoms with Crippen molar-refractivity contribution in [3.05, 3.63) is 23.3 Å². The minimum absolute atomic E-state index is 0.141. The van der Waals surface area contributed by atoms with Gasteiger partial charge in [-0.15, -0.1) is 0 Å². The van der Waals surface area contributed by atoms with Crippen molar-refractivity contribution in [1.29, 1.82) is 0 Å². The monoisotopic (exact) mass is 281 g/mol. The molecule has 1 aliphatic rings. The van der Waals surface area contributed by atoms with Crippen molar-refractivity contribution in [2.75, 3.05) is 20.8 Å². The minimum Gasteiger partial charge on any atom is -0.496 e. The first-order valence-electron chi connectivity index (χ1n) is 7.03. The van der Waals surface area contributed by atoms with E-state index in [1.165, 1.54) is 13.8 Å². The molecule has 1 heterocycles. The molecule has 0 aromatic heterocycles. The Morgan fingerprint density at radius 2 is 1.85 bits per heavy atom. The molecule has 0 saturated carbocycles. The zero-order chi connectivity index (χ0) is 15.0. The summed E-state index contributed by atoms with van der Waals surface area (Å²) in [4.78, 5) is 0. The number of hydrogen-bond acceptors (Lipinski definition) is 3. The summed E-state index contributed by atoms with van der Waals surface area (Å²) in [6.07, 6.45) is 2.16. The van der Waals surface area contributed by atoms with Crippen LogP contribution in [0.5, 0.6) is 11.5 Å². The van der Waals surface area contributed by atoms with E-state index >= 15 is 0 Å². The van der Waals surface area contributed by atoms with Gasteiger partial charge in [-0.3, -0.25) is 0 Å². The number of halogens is 1. The fourth-order valence-electron chi connectivity index (χ4n) is 2.92. The molecular formula is C16H24FNO2. The Morgan fingerprint density at radius 1 is 1.20 bits per heavy atom. The lowest BCUT2D eigenvalue weighted by atomic mass is 9.86. The minimum atomic E-state index is -1.47. The topological polar surface area (TPSA) is 30.5 Å². The van der Waals surface area contributed by atoms with Crippen molar-refractivity contribution >= 4 is 0 Å². The largest absolute Gasteiger partial charge is 0.496 e. The molecule has 20 heavy (non-hydrogen) atoms. The van der Waals surface area contributed by atoms with Crippen LogP contribution in [0.2, 0.25) is 0 Å². The van der Waals surface area contributed by atoms with Crippen LogP contribution in [0.25, 0.3) is 0 Å². The van der Waals surface area contributed by atoms with E-state index in [1.54, 1.807) is 20.3 Å². The molecule has 1 aromatic carbocycles. The average molecular weight is 281 g/mol. The molecule has 3 nitrogen and oxygen atoms in total. The molecule has 1 N–H and O–H groups in total. The highest BCUT2D eigenvalue weighted by molar-refractivity contribution is 5.51. The molecule has 0 aliphatic carbocycles. The molecule has 1 unspecified atom stereocenters. The molecule has 1 saturated heterocycles. The van der Waals surface area contributed by atoms with Crippen molar-refractivity contribution in [2.45, 2.75) is 44.8 Å². The molecule has 1 atom stereocenters. The van der Waals surface area contributed by atoms with E-state index in [2.05, 4.69) is 12.2 Å². The second-order valence-corrected chi connectivity index (χ2v) is 6.09. The van der Waals surface area contributed by atoms with Gasteiger partial charge in [-0.2, -0.15) is 0 Å². The van der Waals surface area contributed by atoms with Crippen LogP contribution < -0.4 is 14.8 Å². The third kappa shape index (κ3) is 2.62. The zero-order valence-corrected chi connectivity index (χ0v) is 13.0. The standard InChI is InChI=1S/C16H24FNO2/c1-15(2,17)11-9-14(20-5)12(10-13(11)19-4)16(3)7-6-8-18-16/h9-10,18H,6-8H2,1-5H3. The first kappa shape index (κ1) is 15.1. The molecule has 0 bridgehead atoms. The average Bonchev–Trinajstić information content (AvgIpc) is 2.84. The first-order valence-corrected chi connectivity index (χ1v) is 7.03. The van der Waals surface area contributed by atoms with E-state index in [9.17, 15) is 4.39 Å². The lowest BCUT2D eigenvalue weighted by Crippen LogP contribution is -2.33. The first-order chi connectivity index (χ1) is 9.31. The van der Waals surface area contributed by atoms with Gasteiger partial charge in [-0.25, -0.2) is 4.39 Å². The summed E-state index contributed by atoms with van der Waals surface area (Å²) < 4.78 is 25.2. The van der Waals surface area contributed by atoms with Gasteiger partial charge in [-0.1, -0.05) is 0 Å². The van der Waals surface area contributed by atoms with Gasteiger partial charge in [0.25, 0.3) is 0 Å². The van der Waals surface area contributed by atoms with Gasteiger partial charge in [0.2, 0.25) is 0 Å². The van der Waals surface area contributed by atoms with Gasteiger partial charge >= 0.3 is 0 Å². The molecular weight excluding hydrogens is 257 g/mol. The molecule has 1 aromatic rings. The second kappa shape index (κ2) is 5.24. The third-order valence-electron chi connectivity index (χ3n) is 4.13. The SMILES string of the molecule is COc1cc(C2(C)CCCN2)c(OC)cc1C(C)(C)F. The van der Waals surface area contributed by atoms with Crippen LogP contribution in [0.15, 0.2) is 12.1 Å². The van der Waals surface area contributed by atoms with Gasteiger partial charge in [0, 0.05) is 16.7 Å². The Kier molecular flexibility index (Phi) is 3.96. The lowest BCUT2D eigenvalue weighted by molar-refractivity contribution is 0.212. The summed E-state index contributed by atoms with van der Waals surface area (Å²) in [6, 6.07) is 3.67. The molecule has 2 rings (SSSR count). The number of alkyl halides is 1. The Hall–Kier alpha value is -1.29. The van der Waals surface area contributed by atoms with E-state index in [0.29, 0.717) is 17.1 Å². The van der Waals surface area contributed by atoms with Crippen molar-refractivity contribution in [3.8, 4) is 11.5 Å². The van der Waals surface area contributed by atoms with Crippen LogP contribution in [-0.4, -0.2) is 20.8 Å². The van der Waals surface area contributed by atoms with Crippen LogP contribution in [0.3, 0.4) is 0 Å². The summed E-state index contributed by atoms with van der Waals surface area (Å²) in [6.45, 7) is 6.19. The number of benzene rings is 1. The number of methoxy groups -OCH3 is 2. The quantitative estimate of drug-likeness (QED) is 0.916. The molecule has 4 heteroatoms. The smallest absolute Gasteiger partial charge is 0.134 e. The van der Waals surface area contributed by atoms with Crippen LogP contribution >= 0.6 is 0 Å². The molecule has 0 amide bonds. The molecule has 1 fully saturated rings. The second-order valence-electron chi connectivity index (χ2n) is 6.09. The van der Waals surface area contributed by atoms with E-state index in [4.69, 9.17) is 9.47 Å². The van der Waals surface area contributed by atoms with Crippen LogP contribution in [-0.2, 0) is 11.2 Å². The van der Waals surface area contributed by atoms with Gasteiger partial charge in [0.15, 0.2) is 0 Å². The highest BCUT2D eigenvalue weighted by Crippen LogP contribution is 2.43. The maximum Gasteiger partial charge on any atom is 0.134 e. The summed E-state index contributed by atoms with van der Waals surface area (Å²) >= 11 is 0. The predicted molar refractivity (Wildman–Crippen MR) is 78.3 cm³/mol. The van der Waals surface area contributed by atoms with Crippen molar-refractivity contribution in [2.24, 2.45) is 0 Å². The molecule has 1 aliphatic heterocycles. The highest BCUT2D eigenvalue weighted by Gasteiger charge is 2.35. The van der Waals surface area contributed by atoms with Crippen LogP contribution in [0.4, 0.5) is 4.39 Å². The number of rotatable bonds is 4. The third-order valence-corrected chi connectivity index (χ3v) is 4.13. The van der Waals surface area contributed by atoms with Crippen molar-refractivity contribution < 1.29 is 13.9 Å². The summed E-state index contributed by atoms with van der Waals surface area (Å²) in [7, 11) is 3.20. The maximum absolute atomic E-state index is 14.3. The predicted octanol–water partition coefficient (Wildman–Crippen LogP) is 3.51. The van der Waals surface area contributed by atoms with E-state index in [1.807, 2.05) is 6.07 Å². The maximum atomic E-state index is 14.3. The molecule has 0 spiro atoms. The summed E-state index contributed by atoms with van der Waals surface area (Å²) in [5, 5.41) is 3.50. The van der Waals surface area contributed by atoms with Crippen LogP contribution in [0.1, 0.15) is 44.7 Å². The lowest BCUT2D eigenvalue weighted by Gasteiger charge is -2.29. The van der Waals surface area contributed by atoms with Crippen LogP contribution in [0, 0.1) is 0 Å². The Morgan fingerprint density at radius 3 is 2.30 bits per heavy atom. The van der Waals surface area contributed by atoms with Gasteiger partial charge < -0.3 is 14.8 Å². The molecule has 112 valence electrons. The number of ether oxygens (including phenoxy) is 2. The summed E-state index contributed by atoms with van der Waals surface area (Å²) in [5.41, 5.74) is -0.0665. The Balaban J connectivity index is 2.59. The van der Waals surface area contributed by atoms with Gasteiger partial charge in [0.05, 0.1) is 14.2 Å². The normalized spacial score (nSPS) is 22.9. The number of nitrogens with one attached hydrogen (secondary N) is 1. The van der Waals surface area contributed by atoms with Crippen molar-refractivity contribution in [3.63, 3.8) is 0 Å². The molecule has 0 radical (unpaired) electrons. The van der Waals surface area contributed by atoms with E-state index in [-0.39, 0.29) is 5.54 Å². The number of hydrogen-bond donors (Lipinski definition) is 1. The Labute approximate surface area is 120 Å². The fraction of sp³-hybridized carbons (Fsp3) is 0.625. The van der Waals surface area contributed by atoms with Crippen molar-refractivity contribution in [1.82, 2.24) is 5.32 Å². The fourth-order valence-corrected chi connectivity index (χ4v) is 2.92.